The molecule has 3 aromatic rings. The van der Waals surface area contributed by atoms with E-state index in [2.05, 4.69) is 27.5 Å². The Morgan fingerprint density at radius 1 is 1.21 bits per heavy atom. The lowest BCUT2D eigenvalue weighted by atomic mass is 10.1. The van der Waals surface area contributed by atoms with Gasteiger partial charge >= 0.3 is 0 Å². The van der Waals surface area contributed by atoms with Gasteiger partial charge in [-0.15, -0.1) is 0 Å². The average Bonchev–Trinajstić information content (AvgIpc) is 2.89. The number of nitrogens with two attached hydrogens (primary N) is 1. The lowest BCUT2D eigenvalue weighted by Crippen LogP contribution is -2.19. The standard InChI is InChI=1S/C29H29FN6O2/c1-5-6-28(37)35-26-11-10-25(23(17-31)29(26)30)34-18-36(4)14-13-20-16-22(8-9-24(20)33-3)38-27-12-7-21(32)15-19(27)2/h7-12,15-16,18,33H,13-14,32H2,1-4H3,(H,35,37). The number of likely N-dealkylation sites (N-methyl/N-ethyl adjacent to an activating group) is 1. The number of aliphatic imine (C=N–C) groups is 1. The smallest absolute Gasteiger partial charge is 0.300 e. The van der Waals surface area contributed by atoms with Crippen molar-refractivity contribution in [2.45, 2.75) is 20.3 Å². The summed E-state index contributed by atoms with van der Waals surface area (Å²) in [5, 5.41) is 15.0. The number of amides is 1. The third-order valence-corrected chi connectivity index (χ3v) is 5.62. The SMILES string of the molecule is CC#CC(=O)Nc1ccc(N=CN(C)CCc2cc(Oc3ccc(N)cc3C)ccc2NC)c(C#N)c1F. The Kier molecular flexibility index (Phi) is 9.28. The molecule has 3 aromatic carbocycles. The molecule has 1 amide bonds. The van der Waals surface area contributed by atoms with Crippen molar-refractivity contribution in [1.82, 2.24) is 4.90 Å². The zero-order chi connectivity index (χ0) is 27.7. The van der Waals surface area contributed by atoms with Crippen LogP contribution >= 0.6 is 0 Å². The van der Waals surface area contributed by atoms with E-state index in [1.807, 2.05) is 62.3 Å². The Bertz CT molecular complexity index is 1470. The van der Waals surface area contributed by atoms with Gasteiger partial charge in [-0.1, -0.05) is 5.92 Å². The number of rotatable bonds is 9. The number of nitrogens with zero attached hydrogens (tertiary/aromatic N) is 3. The molecule has 0 unspecified atom stereocenters. The molecule has 0 aliphatic rings. The number of benzene rings is 3. The van der Waals surface area contributed by atoms with E-state index in [0.29, 0.717) is 24.4 Å². The number of carbonyl (C=O) groups excluding carboxylic acids is 1. The Labute approximate surface area is 221 Å². The number of nitriles is 1. The fourth-order valence-corrected chi connectivity index (χ4v) is 3.66. The molecule has 0 aliphatic carbocycles. The molecule has 0 saturated carbocycles. The molecule has 9 heteroatoms. The largest absolute Gasteiger partial charge is 0.457 e. The number of ether oxygens (including phenoxy) is 1. The summed E-state index contributed by atoms with van der Waals surface area (Å²) >= 11 is 0. The zero-order valence-electron chi connectivity index (χ0n) is 21.7. The first-order valence-electron chi connectivity index (χ1n) is 11.8. The normalized spacial score (nSPS) is 10.3. The van der Waals surface area contributed by atoms with Crippen LogP contribution in [0.3, 0.4) is 0 Å². The Morgan fingerprint density at radius 3 is 2.66 bits per heavy atom. The van der Waals surface area contributed by atoms with E-state index in [1.54, 1.807) is 6.07 Å². The molecule has 8 nitrogen and oxygen atoms in total. The van der Waals surface area contributed by atoms with E-state index in [0.717, 1.165) is 22.6 Å². The maximum atomic E-state index is 14.8. The van der Waals surface area contributed by atoms with Crippen LogP contribution in [0.25, 0.3) is 0 Å². The van der Waals surface area contributed by atoms with E-state index in [9.17, 15) is 14.4 Å². The Morgan fingerprint density at radius 2 is 1.97 bits per heavy atom. The van der Waals surface area contributed by atoms with Crippen molar-refractivity contribution in [1.29, 1.82) is 5.26 Å². The van der Waals surface area contributed by atoms with Crippen LogP contribution in [0.15, 0.2) is 53.5 Å². The van der Waals surface area contributed by atoms with E-state index < -0.39 is 11.7 Å². The topological polar surface area (TPSA) is 116 Å². The second-order valence-corrected chi connectivity index (χ2v) is 8.43. The van der Waals surface area contributed by atoms with Gasteiger partial charge in [-0.2, -0.15) is 5.26 Å². The fourth-order valence-electron chi connectivity index (χ4n) is 3.66. The number of aryl methyl sites for hydroxylation is 1. The minimum Gasteiger partial charge on any atom is -0.457 e. The van der Waals surface area contributed by atoms with E-state index in [1.165, 1.54) is 25.4 Å². The number of carbonyl (C=O) groups is 1. The van der Waals surface area contributed by atoms with Gasteiger partial charge in [0.15, 0.2) is 5.82 Å². The van der Waals surface area contributed by atoms with Crippen LogP contribution in [0, 0.1) is 35.9 Å². The fraction of sp³-hybridized carbons (Fsp3) is 0.207. The lowest BCUT2D eigenvalue weighted by molar-refractivity contribution is -0.111. The summed E-state index contributed by atoms with van der Waals surface area (Å²) in [6, 6.07) is 16.0. The second-order valence-electron chi connectivity index (χ2n) is 8.43. The molecule has 194 valence electrons. The highest BCUT2D eigenvalue weighted by Gasteiger charge is 2.14. The predicted molar refractivity (Wildman–Crippen MR) is 149 cm³/mol. The van der Waals surface area contributed by atoms with Gasteiger partial charge in [0, 0.05) is 32.0 Å². The van der Waals surface area contributed by atoms with Crippen LogP contribution in [-0.4, -0.2) is 37.8 Å². The van der Waals surface area contributed by atoms with Crippen LogP contribution < -0.4 is 21.1 Å². The van der Waals surface area contributed by atoms with Gasteiger partial charge in [0.05, 0.1) is 17.7 Å². The summed E-state index contributed by atoms with van der Waals surface area (Å²) in [7, 11) is 3.69. The molecule has 0 radical (unpaired) electrons. The number of nitrogens with one attached hydrogen (secondary N) is 2. The first kappa shape index (κ1) is 27.6. The number of anilines is 3. The Balaban J connectivity index is 1.71. The third-order valence-electron chi connectivity index (χ3n) is 5.62. The van der Waals surface area contributed by atoms with Gasteiger partial charge in [-0.3, -0.25) is 4.79 Å². The lowest BCUT2D eigenvalue weighted by Gasteiger charge is -2.17. The van der Waals surface area contributed by atoms with Crippen LogP contribution in [0.2, 0.25) is 0 Å². The molecule has 3 rings (SSSR count). The number of halogens is 1. The minimum absolute atomic E-state index is 0.127. The van der Waals surface area contributed by atoms with Crippen molar-refractivity contribution >= 4 is 35.0 Å². The number of hydrogen-bond acceptors (Lipinski definition) is 6. The molecule has 0 fully saturated rings. The summed E-state index contributed by atoms with van der Waals surface area (Å²) in [5.41, 5.74) is 9.23. The predicted octanol–water partition coefficient (Wildman–Crippen LogP) is 5.22. The maximum absolute atomic E-state index is 14.8. The zero-order valence-corrected chi connectivity index (χ0v) is 21.7. The molecule has 0 aliphatic heterocycles. The van der Waals surface area contributed by atoms with Gasteiger partial charge in [-0.25, -0.2) is 9.38 Å². The monoisotopic (exact) mass is 512 g/mol. The first-order chi connectivity index (χ1) is 18.2. The molecular weight excluding hydrogens is 483 g/mol. The molecule has 4 N–H and O–H groups in total. The van der Waals surface area contributed by atoms with Crippen LogP contribution in [-0.2, 0) is 11.2 Å². The van der Waals surface area contributed by atoms with Crippen LogP contribution in [0.4, 0.5) is 27.1 Å². The van der Waals surface area contributed by atoms with Crippen molar-refractivity contribution in [2.75, 3.05) is 37.0 Å². The molecule has 0 spiro atoms. The summed E-state index contributed by atoms with van der Waals surface area (Å²) in [6.07, 6.45) is 2.20. The van der Waals surface area contributed by atoms with Crippen molar-refractivity contribution in [2.24, 2.45) is 4.99 Å². The molecule has 0 heterocycles. The third kappa shape index (κ3) is 7.02. The van der Waals surface area contributed by atoms with E-state index in [-0.39, 0.29) is 16.9 Å². The van der Waals surface area contributed by atoms with Gasteiger partial charge < -0.3 is 26.0 Å². The van der Waals surface area contributed by atoms with Crippen LogP contribution in [0.1, 0.15) is 23.6 Å². The van der Waals surface area contributed by atoms with Crippen molar-refractivity contribution < 1.29 is 13.9 Å². The summed E-state index contributed by atoms with van der Waals surface area (Å²) in [5.74, 6) is 4.62. The van der Waals surface area contributed by atoms with Gasteiger partial charge in [0.1, 0.15) is 23.1 Å². The molecule has 0 saturated heterocycles. The summed E-state index contributed by atoms with van der Waals surface area (Å²) in [6.45, 7) is 4.03. The molecular formula is C29H29FN6O2. The highest BCUT2D eigenvalue weighted by molar-refractivity contribution is 6.04. The van der Waals surface area contributed by atoms with Crippen molar-refractivity contribution in [3.63, 3.8) is 0 Å². The Hall–Kier alpha value is -5.02. The summed E-state index contributed by atoms with van der Waals surface area (Å²) in [4.78, 5) is 17.8. The average molecular weight is 513 g/mol. The second kappa shape index (κ2) is 12.8. The summed E-state index contributed by atoms with van der Waals surface area (Å²) < 4.78 is 20.8. The highest BCUT2D eigenvalue weighted by atomic mass is 19.1. The van der Waals surface area contributed by atoms with Gasteiger partial charge in [-0.05, 0) is 85.8 Å². The molecule has 0 aromatic heterocycles. The minimum atomic E-state index is -0.858. The van der Waals surface area contributed by atoms with Crippen LogP contribution in [0.5, 0.6) is 11.5 Å². The van der Waals surface area contributed by atoms with Gasteiger partial charge in [0.25, 0.3) is 5.91 Å². The van der Waals surface area contributed by atoms with Gasteiger partial charge in [0.2, 0.25) is 0 Å². The molecule has 0 bridgehead atoms. The molecule has 0 atom stereocenters. The number of hydrogen-bond donors (Lipinski definition) is 3. The van der Waals surface area contributed by atoms with E-state index >= 15 is 0 Å². The molecule has 38 heavy (non-hydrogen) atoms. The maximum Gasteiger partial charge on any atom is 0.300 e. The number of nitrogen functional groups attached to an aromatic ring is 1. The quantitative estimate of drug-likeness (QED) is 0.157. The first-order valence-corrected chi connectivity index (χ1v) is 11.8. The van der Waals surface area contributed by atoms with Crippen molar-refractivity contribution in [3.8, 4) is 29.4 Å². The van der Waals surface area contributed by atoms with Crippen molar-refractivity contribution in [3.05, 3.63) is 71.0 Å². The van der Waals surface area contributed by atoms with E-state index in [4.69, 9.17) is 10.5 Å². The highest BCUT2D eigenvalue weighted by Crippen LogP contribution is 2.30.